The van der Waals surface area contributed by atoms with Crippen LogP contribution in [0, 0.1) is 0 Å². The van der Waals surface area contributed by atoms with Crippen LogP contribution >= 0.6 is 11.8 Å². The third kappa shape index (κ3) is 2.55. The van der Waals surface area contributed by atoms with Gasteiger partial charge in [0.05, 0.1) is 0 Å². The van der Waals surface area contributed by atoms with Crippen molar-refractivity contribution in [2.24, 2.45) is 5.73 Å². The van der Waals surface area contributed by atoms with Crippen molar-refractivity contribution in [3.8, 4) is 0 Å². The highest BCUT2D eigenvalue weighted by Gasteiger charge is 2.64. The molecule has 0 saturated carbocycles. The summed E-state index contributed by atoms with van der Waals surface area (Å²) in [5.41, 5.74) is 3.96. The maximum absolute atomic E-state index is 12.4. The van der Waals surface area contributed by atoms with Crippen LogP contribution < -0.4 is 5.73 Å². The molecule has 0 aliphatic carbocycles. The van der Waals surface area contributed by atoms with E-state index in [2.05, 4.69) is 0 Å². The van der Waals surface area contributed by atoms with Crippen LogP contribution in [0.25, 0.3) is 0 Å². The minimum atomic E-state index is -1.47. The summed E-state index contributed by atoms with van der Waals surface area (Å²) in [6, 6.07) is 0. The number of amides is 1. The van der Waals surface area contributed by atoms with Gasteiger partial charge < -0.3 is 9.47 Å². The molecule has 2 rings (SSSR count). The fourth-order valence-corrected chi connectivity index (χ4v) is 3.78. The first kappa shape index (κ1) is 17.0. The van der Waals surface area contributed by atoms with Gasteiger partial charge in [-0.1, -0.05) is 0 Å². The third-order valence-corrected chi connectivity index (χ3v) is 4.75. The number of ether oxygens (including phenoxy) is 2. The van der Waals surface area contributed by atoms with Crippen molar-refractivity contribution >= 4 is 29.4 Å². The van der Waals surface area contributed by atoms with E-state index in [-0.39, 0.29) is 22.8 Å². The Labute approximate surface area is 133 Å². The summed E-state index contributed by atoms with van der Waals surface area (Å²) in [4.78, 5) is 37.8. The number of nitrogens with two attached hydrogens (primary N) is 1. The van der Waals surface area contributed by atoms with E-state index in [1.165, 1.54) is 30.7 Å². The topological polar surface area (TPSA) is 98.9 Å². The fraction of sp³-hybridized carbons (Fsp3) is 0.643. The van der Waals surface area contributed by atoms with Crippen LogP contribution in [-0.4, -0.2) is 52.1 Å². The van der Waals surface area contributed by atoms with Gasteiger partial charge in [0.1, 0.15) is 16.7 Å². The number of β-lactam (4-membered cyclic amide) rings is 1. The molecule has 0 spiro atoms. The number of fused-ring (bicyclic) bond motifs is 1. The highest BCUT2D eigenvalue weighted by atomic mass is 32.2. The van der Waals surface area contributed by atoms with Crippen LogP contribution in [0.5, 0.6) is 0 Å². The van der Waals surface area contributed by atoms with Crippen LogP contribution in [0.2, 0.25) is 0 Å². The second-order valence-electron chi connectivity index (χ2n) is 6.22. The molecule has 1 unspecified atom stereocenters. The first-order valence-electron chi connectivity index (χ1n) is 6.79. The van der Waals surface area contributed by atoms with Gasteiger partial charge in [0.15, 0.2) is 5.78 Å². The molecule has 1 saturated heterocycles. The van der Waals surface area contributed by atoms with E-state index < -0.39 is 28.6 Å². The summed E-state index contributed by atoms with van der Waals surface area (Å²) in [6.07, 6.45) is 0. The zero-order valence-electron chi connectivity index (χ0n) is 13.3. The van der Waals surface area contributed by atoms with Gasteiger partial charge in [-0.25, -0.2) is 4.79 Å². The number of Topliss-reactive ketones (excluding diaryl/α,β-unsaturated/α-hetero) is 1. The highest BCUT2D eigenvalue weighted by Crippen LogP contribution is 2.45. The highest BCUT2D eigenvalue weighted by molar-refractivity contribution is 8.00. The van der Waals surface area contributed by atoms with Crippen LogP contribution in [0.3, 0.4) is 0 Å². The minimum absolute atomic E-state index is 0.0192. The molecule has 0 aromatic rings. The van der Waals surface area contributed by atoms with E-state index in [9.17, 15) is 14.4 Å². The fourth-order valence-electron chi connectivity index (χ4n) is 2.32. The van der Waals surface area contributed by atoms with Gasteiger partial charge in [0.2, 0.25) is 5.72 Å². The van der Waals surface area contributed by atoms with Gasteiger partial charge in [-0.05, 0) is 27.7 Å². The Morgan fingerprint density at radius 2 is 2.00 bits per heavy atom. The van der Waals surface area contributed by atoms with Crippen molar-refractivity contribution in [2.75, 3.05) is 12.9 Å². The molecule has 2 N–H and O–H groups in total. The summed E-state index contributed by atoms with van der Waals surface area (Å²) in [6.45, 7) is 6.51. The van der Waals surface area contributed by atoms with Crippen molar-refractivity contribution in [3.05, 3.63) is 11.3 Å². The average molecular weight is 328 g/mol. The van der Waals surface area contributed by atoms with Gasteiger partial charge in [0, 0.05) is 18.4 Å². The summed E-state index contributed by atoms with van der Waals surface area (Å²) in [5.74, 6) is -1.24. The quantitative estimate of drug-likeness (QED) is 0.454. The Balaban J connectivity index is 2.43. The second-order valence-corrected chi connectivity index (χ2v) is 7.29. The molecule has 2 atom stereocenters. The zero-order chi connectivity index (χ0) is 16.9. The predicted molar refractivity (Wildman–Crippen MR) is 80.6 cm³/mol. The van der Waals surface area contributed by atoms with E-state index >= 15 is 0 Å². The molecule has 8 heteroatoms. The number of carbonyl (C=O) groups excluding carboxylic acids is 3. The molecule has 7 nitrogen and oxygen atoms in total. The molecule has 0 radical (unpaired) electrons. The lowest BCUT2D eigenvalue weighted by Crippen LogP contribution is -2.78. The summed E-state index contributed by atoms with van der Waals surface area (Å²) < 4.78 is 10.4. The molecular formula is C14H20N2O5S. The third-order valence-electron chi connectivity index (χ3n) is 3.42. The summed E-state index contributed by atoms with van der Waals surface area (Å²) in [7, 11) is 1.34. The standard InChI is InChI=1S/C14H20N2O5S/c1-7(17)8-6-22-12-14(15,20-5)11(19)16(12)9(8)10(18)21-13(2,3)4/h12H,6,15H2,1-5H3/t12-,14?/m0/s1. The van der Waals surface area contributed by atoms with Gasteiger partial charge in [-0.2, -0.15) is 0 Å². The lowest BCUT2D eigenvalue weighted by molar-refractivity contribution is -0.184. The van der Waals surface area contributed by atoms with E-state index in [0.29, 0.717) is 0 Å². The number of hydrogen-bond donors (Lipinski definition) is 1. The largest absolute Gasteiger partial charge is 0.455 e. The monoisotopic (exact) mass is 328 g/mol. The lowest BCUT2D eigenvalue weighted by atomic mass is 9.98. The zero-order valence-corrected chi connectivity index (χ0v) is 14.1. The average Bonchev–Trinajstić information content (AvgIpc) is 2.42. The number of hydrogen-bond acceptors (Lipinski definition) is 7. The van der Waals surface area contributed by atoms with Crippen LogP contribution in [0.15, 0.2) is 11.3 Å². The van der Waals surface area contributed by atoms with Crippen LogP contribution in [0.4, 0.5) is 0 Å². The first-order valence-corrected chi connectivity index (χ1v) is 7.84. The van der Waals surface area contributed by atoms with Crippen molar-refractivity contribution < 1.29 is 23.9 Å². The minimum Gasteiger partial charge on any atom is -0.455 e. The molecule has 1 amide bonds. The number of esters is 1. The number of rotatable bonds is 3. The van der Waals surface area contributed by atoms with Gasteiger partial charge in [0.25, 0.3) is 5.91 Å². The van der Waals surface area contributed by atoms with Gasteiger partial charge in [-0.3, -0.25) is 20.2 Å². The number of methoxy groups -OCH3 is 1. The molecule has 2 aliphatic rings. The molecule has 22 heavy (non-hydrogen) atoms. The van der Waals surface area contributed by atoms with Crippen LogP contribution in [0.1, 0.15) is 27.7 Å². The van der Waals surface area contributed by atoms with E-state index in [4.69, 9.17) is 15.2 Å². The van der Waals surface area contributed by atoms with Gasteiger partial charge in [-0.15, -0.1) is 11.8 Å². The molecule has 2 aliphatic heterocycles. The van der Waals surface area contributed by atoms with Crippen molar-refractivity contribution in [1.29, 1.82) is 0 Å². The molecule has 0 aromatic heterocycles. The van der Waals surface area contributed by atoms with Crippen LogP contribution in [-0.2, 0) is 23.9 Å². The number of ketones is 1. The Morgan fingerprint density at radius 3 is 2.45 bits per heavy atom. The van der Waals surface area contributed by atoms with Crippen molar-refractivity contribution in [2.45, 2.75) is 44.4 Å². The summed E-state index contributed by atoms with van der Waals surface area (Å²) >= 11 is 1.29. The Bertz CT molecular complexity index is 580. The number of nitrogens with zero attached hydrogens (tertiary/aromatic N) is 1. The summed E-state index contributed by atoms with van der Waals surface area (Å²) in [5, 5.41) is -0.546. The maximum Gasteiger partial charge on any atom is 0.356 e. The van der Waals surface area contributed by atoms with E-state index in [1.54, 1.807) is 20.8 Å². The van der Waals surface area contributed by atoms with E-state index in [0.717, 1.165) is 0 Å². The molecular weight excluding hydrogens is 308 g/mol. The van der Waals surface area contributed by atoms with Crippen molar-refractivity contribution in [3.63, 3.8) is 0 Å². The van der Waals surface area contributed by atoms with E-state index in [1.807, 2.05) is 0 Å². The van der Waals surface area contributed by atoms with Gasteiger partial charge >= 0.3 is 5.97 Å². The molecule has 0 aromatic carbocycles. The Hall–Kier alpha value is -1.38. The maximum atomic E-state index is 12.4. The Kier molecular flexibility index (Phi) is 4.14. The molecule has 1 fully saturated rings. The SMILES string of the molecule is COC1(N)C(=O)N2C(C(=O)OC(C)(C)C)=C(C(C)=O)CS[C@H]21. The molecule has 2 heterocycles. The second kappa shape index (κ2) is 5.36. The normalized spacial score (nSPS) is 28.2. The number of thioether (sulfide) groups is 1. The molecule has 0 bridgehead atoms. The van der Waals surface area contributed by atoms with Crippen molar-refractivity contribution in [1.82, 2.24) is 4.90 Å². The Morgan fingerprint density at radius 1 is 1.41 bits per heavy atom. The smallest absolute Gasteiger partial charge is 0.356 e. The lowest BCUT2D eigenvalue weighted by Gasteiger charge is -2.54. The predicted octanol–water partition coefficient (Wildman–Crippen LogP) is 0.388. The first-order chi connectivity index (χ1) is 10.0. The molecule has 122 valence electrons. The number of carbonyl (C=O) groups is 3.